The molecule has 0 aliphatic rings. The Labute approximate surface area is 109 Å². The zero-order valence-corrected chi connectivity index (χ0v) is 11.8. The molecule has 4 nitrogen and oxygen atoms in total. The molecule has 0 saturated carbocycles. The number of hydrogen-bond donors (Lipinski definition) is 1. The number of carbonyl (C=O) groups is 1. The maximum absolute atomic E-state index is 11.5. The molecule has 4 heteroatoms. The molecule has 1 N–H and O–H groups in total. The summed E-state index contributed by atoms with van der Waals surface area (Å²) in [6, 6.07) is 6.12. The first-order valence-electron chi connectivity index (χ1n) is 6.10. The quantitative estimate of drug-likeness (QED) is 0.814. The van der Waals surface area contributed by atoms with E-state index in [0.717, 1.165) is 11.3 Å². The molecule has 100 valence electrons. The van der Waals surface area contributed by atoms with E-state index in [1.165, 1.54) is 5.56 Å². The minimum atomic E-state index is -0.158. The van der Waals surface area contributed by atoms with Crippen molar-refractivity contribution in [1.82, 2.24) is 10.4 Å². The maximum atomic E-state index is 11.5. The van der Waals surface area contributed by atoms with E-state index in [1.54, 1.807) is 19.1 Å². The second-order valence-electron chi connectivity index (χ2n) is 4.90. The van der Waals surface area contributed by atoms with E-state index >= 15 is 0 Å². The van der Waals surface area contributed by atoms with Gasteiger partial charge in [-0.3, -0.25) is 10.2 Å². The number of amides is 1. The molecule has 0 unspecified atom stereocenters. The summed E-state index contributed by atoms with van der Waals surface area (Å²) in [5.41, 5.74) is 4.89. The van der Waals surface area contributed by atoms with E-state index in [9.17, 15) is 4.79 Å². The molecule has 0 aromatic heterocycles. The number of hydrazine groups is 1. The molecule has 0 heterocycles. The van der Waals surface area contributed by atoms with Gasteiger partial charge in [-0.05, 0) is 30.0 Å². The van der Waals surface area contributed by atoms with E-state index in [-0.39, 0.29) is 12.5 Å². The summed E-state index contributed by atoms with van der Waals surface area (Å²) in [5, 5.41) is 1.60. The fourth-order valence-electron chi connectivity index (χ4n) is 1.56. The normalized spacial score (nSPS) is 10.8. The van der Waals surface area contributed by atoms with Gasteiger partial charge in [-0.2, -0.15) is 0 Å². The topological polar surface area (TPSA) is 41.6 Å². The van der Waals surface area contributed by atoms with Crippen molar-refractivity contribution in [3.8, 4) is 5.75 Å². The molecule has 0 aliphatic heterocycles. The molecule has 0 aliphatic carbocycles. The number of nitrogens with one attached hydrogen (secondary N) is 1. The Morgan fingerprint density at radius 2 is 2.06 bits per heavy atom. The van der Waals surface area contributed by atoms with Crippen LogP contribution in [0.15, 0.2) is 18.2 Å². The highest BCUT2D eigenvalue weighted by Gasteiger charge is 2.07. The van der Waals surface area contributed by atoms with Gasteiger partial charge in [-0.1, -0.05) is 26.0 Å². The van der Waals surface area contributed by atoms with Gasteiger partial charge in [0.05, 0.1) is 0 Å². The van der Waals surface area contributed by atoms with Crippen molar-refractivity contribution < 1.29 is 9.53 Å². The summed E-state index contributed by atoms with van der Waals surface area (Å²) < 4.78 is 5.55. The van der Waals surface area contributed by atoms with Crippen LogP contribution in [0.25, 0.3) is 0 Å². The number of ether oxygens (including phenoxy) is 1. The lowest BCUT2D eigenvalue weighted by atomic mass is 10.0. The molecule has 0 fully saturated rings. The first-order chi connectivity index (χ1) is 8.40. The van der Waals surface area contributed by atoms with Crippen LogP contribution in [0.2, 0.25) is 0 Å². The molecule has 1 aromatic carbocycles. The first kappa shape index (κ1) is 14.5. The Balaban J connectivity index is 2.66. The number of nitrogens with zero attached hydrogens (tertiary/aromatic N) is 1. The second-order valence-corrected chi connectivity index (χ2v) is 4.90. The van der Waals surface area contributed by atoms with E-state index in [0.29, 0.717) is 5.92 Å². The van der Waals surface area contributed by atoms with Crippen LogP contribution >= 0.6 is 0 Å². The largest absolute Gasteiger partial charge is 0.483 e. The third-order valence-corrected chi connectivity index (χ3v) is 2.59. The van der Waals surface area contributed by atoms with Crippen molar-refractivity contribution in [2.75, 3.05) is 20.7 Å². The maximum Gasteiger partial charge on any atom is 0.272 e. The van der Waals surface area contributed by atoms with Gasteiger partial charge in [0.25, 0.3) is 5.91 Å². The predicted octanol–water partition coefficient (Wildman–Crippen LogP) is 2.09. The van der Waals surface area contributed by atoms with E-state index < -0.39 is 0 Å². The number of benzene rings is 1. The third kappa shape index (κ3) is 4.37. The lowest BCUT2D eigenvalue weighted by Crippen LogP contribution is -2.39. The van der Waals surface area contributed by atoms with E-state index in [2.05, 4.69) is 25.3 Å². The minimum Gasteiger partial charge on any atom is -0.483 e. The van der Waals surface area contributed by atoms with E-state index in [1.807, 2.05) is 19.1 Å². The average Bonchev–Trinajstić information content (AvgIpc) is 2.26. The van der Waals surface area contributed by atoms with E-state index in [4.69, 9.17) is 4.74 Å². The van der Waals surface area contributed by atoms with Crippen LogP contribution in [0, 0.1) is 6.92 Å². The van der Waals surface area contributed by atoms with Crippen molar-refractivity contribution in [3.05, 3.63) is 29.3 Å². The highest BCUT2D eigenvalue weighted by atomic mass is 16.5. The SMILES string of the molecule is Cc1ccc(C(C)C)cc1OCC(=O)NN(C)C. The average molecular weight is 250 g/mol. The molecule has 1 aromatic rings. The molecule has 18 heavy (non-hydrogen) atoms. The Kier molecular flexibility index (Phi) is 5.16. The fraction of sp³-hybridized carbons (Fsp3) is 0.500. The van der Waals surface area contributed by atoms with Gasteiger partial charge >= 0.3 is 0 Å². The molecule has 0 radical (unpaired) electrons. The summed E-state index contributed by atoms with van der Waals surface area (Å²) in [5.74, 6) is 1.06. The molecule has 1 amide bonds. The Hall–Kier alpha value is -1.55. The van der Waals surface area contributed by atoms with Crippen LogP contribution in [-0.4, -0.2) is 31.6 Å². The molecule has 0 saturated heterocycles. The Bertz CT molecular complexity index is 414. The predicted molar refractivity (Wildman–Crippen MR) is 72.6 cm³/mol. The highest BCUT2D eigenvalue weighted by Crippen LogP contribution is 2.24. The van der Waals surface area contributed by atoms with Gasteiger partial charge in [-0.25, -0.2) is 5.01 Å². The van der Waals surface area contributed by atoms with Crippen LogP contribution in [0.5, 0.6) is 5.75 Å². The monoisotopic (exact) mass is 250 g/mol. The van der Waals surface area contributed by atoms with Gasteiger partial charge in [0.1, 0.15) is 5.75 Å². The summed E-state index contributed by atoms with van der Waals surface area (Å²) in [6.07, 6.45) is 0. The lowest BCUT2D eigenvalue weighted by molar-refractivity contribution is -0.126. The minimum absolute atomic E-state index is 0.0283. The van der Waals surface area contributed by atoms with Gasteiger partial charge in [0.2, 0.25) is 0 Å². The van der Waals surface area contributed by atoms with Crippen LogP contribution < -0.4 is 10.2 Å². The van der Waals surface area contributed by atoms with Crippen LogP contribution in [0.3, 0.4) is 0 Å². The van der Waals surface area contributed by atoms with Gasteiger partial charge in [-0.15, -0.1) is 0 Å². The molecule has 0 spiro atoms. The van der Waals surface area contributed by atoms with Crippen LogP contribution in [-0.2, 0) is 4.79 Å². The Morgan fingerprint density at radius 3 is 2.61 bits per heavy atom. The van der Waals surface area contributed by atoms with Gasteiger partial charge in [0, 0.05) is 14.1 Å². The number of aryl methyl sites for hydroxylation is 1. The lowest BCUT2D eigenvalue weighted by Gasteiger charge is -2.14. The summed E-state index contributed by atoms with van der Waals surface area (Å²) >= 11 is 0. The smallest absolute Gasteiger partial charge is 0.272 e. The zero-order valence-electron chi connectivity index (χ0n) is 11.8. The standard InChI is InChI=1S/C14H22N2O2/c1-10(2)12-7-6-11(3)13(8-12)18-9-14(17)15-16(4)5/h6-8,10H,9H2,1-5H3,(H,15,17). The van der Waals surface area contributed by atoms with Crippen molar-refractivity contribution in [1.29, 1.82) is 0 Å². The van der Waals surface area contributed by atoms with Crippen molar-refractivity contribution in [2.45, 2.75) is 26.7 Å². The number of hydrogen-bond acceptors (Lipinski definition) is 3. The molecular weight excluding hydrogens is 228 g/mol. The second kappa shape index (κ2) is 6.40. The first-order valence-corrected chi connectivity index (χ1v) is 6.10. The summed E-state index contributed by atoms with van der Waals surface area (Å²) in [7, 11) is 3.53. The van der Waals surface area contributed by atoms with Crippen LogP contribution in [0.1, 0.15) is 30.9 Å². The fourth-order valence-corrected chi connectivity index (χ4v) is 1.56. The summed E-state index contributed by atoms with van der Waals surface area (Å²) in [6.45, 7) is 6.27. The van der Waals surface area contributed by atoms with Crippen molar-refractivity contribution >= 4 is 5.91 Å². The summed E-state index contributed by atoms with van der Waals surface area (Å²) in [4.78, 5) is 11.5. The van der Waals surface area contributed by atoms with Crippen molar-refractivity contribution in [2.24, 2.45) is 0 Å². The molecule has 0 bridgehead atoms. The molecular formula is C14H22N2O2. The zero-order chi connectivity index (χ0) is 13.7. The van der Waals surface area contributed by atoms with Crippen LogP contribution in [0.4, 0.5) is 0 Å². The molecule has 0 atom stereocenters. The van der Waals surface area contributed by atoms with Gasteiger partial charge in [0.15, 0.2) is 6.61 Å². The molecule has 1 rings (SSSR count). The Morgan fingerprint density at radius 1 is 1.39 bits per heavy atom. The highest BCUT2D eigenvalue weighted by molar-refractivity contribution is 5.77. The number of carbonyl (C=O) groups excluding carboxylic acids is 1. The number of rotatable bonds is 5. The van der Waals surface area contributed by atoms with Gasteiger partial charge < -0.3 is 4.74 Å². The van der Waals surface area contributed by atoms with Crippen molar-refractivity contribution in [3.63, 3.8) is 0 Å². The third-order valence-electron chi connectivity index (χ3n) is 2.59.